The molecule has 0 amide bonds. The summed E-state index contributed by atoms with van der Waals surface area (Å²) in [7, 11) is 0. The third-order valence-corrected chi connectivity index (χ3v) is 2.60. The van der Waals surface area contributed by atoms with Gasteiger partial charge < -0.3 is 20.1 Å². The SMILES string of the molecule is CC(C)CCNCCOCCOCCNC(C)(C)C. The second-order valence-corrected chi connectivity index (χ2v) is 6.33. The average molecular weight is 274 g/mol. The highest BCUT2D eigenvalue weighted by molar-refractivity contribution is 4.69. The first-order chi connectivity index (χ1) is 8.92. The predicted molar refractivity (Wildman–Crippen MR) is 81.7 cm³/mol. The highest BCUT2D eigenvalue weighted by Crippen LogP contribution is 1.97. The van der Waals surface area contributed by atoms with Crippen LogP contribution >= 0.6 is 0 Å². The molecule has 4 nitrogen and oxygen atoms in total. The Morgan fingerprint density at radius 3 is 1.95 bits per heavy atom. The molecule has 0 spiro atoms. The highest BCUT2D eigenvalue weighted by atomic mass is 16.5. The van der Waals surface area contributed by atoms with Gasteiger partial charge in [-0.15, -0.1) is 0 Å². The zero-order chi connectivity index (χ0) is 14.6. The molecule has 0 radical (unpaired) electrons. The Balaban J connectivity index is 3.03. The summed E-state index contributed by atoms with van der Waals surface area (Å²) in [6.45, 7) is 16.7. The van der Waals surface area contributed by atoms with Crippen molar-refractivity contribution < 1.29 is 9.47 Å². The van der Waals surface area contributed by atoms with E-state index >= 15 is 0 Å². The minimum absolute atomic E-state index is 0.168. The third-order valence-electron chi connectivity index (χ3n) is 2.60. The Hall–Kier alpha value is -0.160. The van der Waals surface area contributed by atoms with Gasteiger partial charge in [-0.05, 0) is 39.7 Å². The van der Waals surface area contributed by atoms with Crippen molar-refractivity contribution in [3.8, 4) is 0 Å². The lowest BCUT2D eigenvalue weighted by atomic mass is 10.1. The van der Waals surface area contributed by atoms with Crippen LogP contribution in [-0.4, -0.2) is 51.6 Å². The Morgan fingerprint density at radius 2 is 1.42 bits per heavy atom. The number of hydrogen-bond acceptors (Lipinski definition) is 4. The molecule has 0 aromatic rings. The van der Waals surface area contributed by atoms with Gasteiger partial charge in [-0.1, -0.05) is 13.8 Å². The molecule has 0 aliphatic carbocycles. The standard InChI is InChI=1S/C15H34N2O2/c1-14(2)6-7-16-8-10-18-12-13-19-11-9-17-15(3,4)5/h14,16-17H,6-13H2,1-5H3. The van der Waals surface area contributed by atoms with Gasteiger partial charge in [0.25, 0.3) is 0 Å². The Morgan fingerprint density at radius 1 is 0.842 bits per heavy atom. The van der Waals surface area contributed by atoms with Crippen LogP contribution in [0.15, 0.2) is 0 Å². The summed E-state index contributed by atoms with van der Waals surface area (Å²) in [5.41, 5.74) is 0.168. The molecular weight excluding hydrogens is 240 g/mol. The van der Waals surface area contributed by atoms with Crippen molar-refractivity contribution in [3.63, 3.8) is 0 Å². The molecule has 0 atom stereocenters. The Kier molecular flexibility index (Phi) is 11.6. The van der Waals surface area contributed by atoms with Gasteiger partial charge in [0.2, 0.25) is 0 Å². The summed E-state index contributed by atoms with van der Waals surface area (Å²) < 4.78 is 11.0. The van der Waals surface area contributed by atoms with Crippen molar-refractivity contribution in [3.05, 3.63) is 0 Å². The summed E-state index contributed by atoms with van der Waals surface area (Å²) >= 11 is 0. The summed E-state index contributed by atoms with van der Waals surface area (Å²) in [5.74, 6) is 0.767. The second kappa shape index (κ2) is 11.6. The molecule has 0 aromatic carbocycles. The van der Waals surface area contributed by atoms with E-state index in [2.05, 4.69) is 45.3 Å². The average Bonchev–Trinajstić information content (AvgIpc) is 2.28. The van der Waals surface area contributed by atoms with Crippen LogP contribution in [0.4, 0.5) is 0 Å². The molecule has 0 saturated heterocycles. The number of hydrogen-bond donors (Lipinski definition) is 2. The zero-order valence-electron chi connectivity index (χ0n) is 13.6. The maximum Gasteiger partial charge on any atom is 0.0701 e. The minimum atomic E-state index is 0.168. The van der Waals surface area contributed by atoms with Crippen LogP contribution in [-0.2, 0) is 9.47 Å². The fourth-order valence-electron chi connectivity index (χ4n) is 1.48. The molecule has 0 rings (SSSR count). The molecule has 0 unspecified atom stereocenters. The van der Waals surface area contributed by atoms with Crippen molar-refractivity contribution in [2.24, 2.45) is 5.92 Å². The van der Waals surface area contributed by atoms with Crippen LogP contribution in [0.2, 0.25) is 0 Å². The summed E-state index contributed by atoms with van der Waals surface area (Å²) in [4.78, 5) is 0. The van der Waals surface area contributed by atoms with E-state index in [-0.39, 0.29) is 5.54 Å². The molecular formula is C15H34N2O2. The molecule has 2 N–H and O–H groups in total. The fourth-order valence-corrected chi connectivity index (χ4v) is 1.48. The van der Waals surface area contributed by atoms with E-state index < -0.39 is 0 Å². The Labute approximate surface area is 119 Å². The van der Waals surface area contributed by atoms with Crippen molar-refractivity contribution in [1.82, 2.24) is 10.6 Å². The quantitative estimate of drug-likeness (QED) is 0.535. The Bertz CT molecular complexity index is 191. The smallest absolute Gasteiger partial charge is 0.0701 e. The summed E-state index contributed by atoms with van der Waals surface area (Å²) in [6.07, 6.45) is 1.23. The third kappa shape index (κ3) is 17.8. The van der Waals surface area contributed by atoms with E-state index in [0.717, 1.165) is 38.8 Å². The van der Waals surface area contributed by atoms with E-state index in [1.165, 1.54) is 6.42 Å². The van der Waals surface area contributed by atoms with Crippen LogP contribution in [0.3, 0.4) is 0 Å². The summed E-state index contributed by atoms with van der Waals surface area (Å²) in [6, 6.07) is 0. The van der Waals surface area contributed by atoms with Gasteiger partial charge in [0, 0.05) is 18.6 Å². The van der Waals surface area contributed by atoms with Gasteiger partial charge in [0.1, 0.15) is 0 Å². The van der Waals surface area contributed by atoms with E-state index in [1.807, 2.05) is 0 Å². The van der Waals surface area contributed by atoms with Crippen LogP contribution in [0.5, 0.6) is 0 Å². The van der Waals surface area contributed by atoms with E-state index in [0.29, 0.717) is 13.2 Å². The maximum atomic E-state index is 5.48. The second-order valence-electron chi connectivity index (χ2n) is 6.33. The van der Waals surface area contributed by atoms with E-state index in [1.54, 1.807) is 0 Å². The van der Waals surface area contributed by atoms with Crippen molar-refractivity contribution in [1.29, 1.82) is 0 Å². The van der Waals surface area contributed by atoms with Gasteiger partial charge in [0.15, 0.2) is 0 Å². The van der Waals surface area contributed by atoms with Gasteiger partial charge in [-0.3, -0.25) is 0 Å². The normalized spacial score (nSPS) is 12.3. The number of ether oxygens (including phenoxy) is 2. The first kappa shape index (κ1) is 18.8. The van der Waals surface area contributed by atoms with Crippen LogP contribution in [0.25, 0.3) is 0 Å². The topological polar surface area (TPSA) is 42.5 Å². The van der Waals surface area contributed by atoms with Crippen molar-refractivity contribution in [2.75, 3.05) is 46.1 Å². The first-order valence-electron chi connectivity index (χ1n) is 7.53. The van der Waals surface area contributed by atoms with Gasteiger partial charge in [-0.25, -0.2) is 0 Å². The van der Waals surface area contributed by atoms with Gasteiger partial charge in [-0.2, -0.15) is 0 Å². The molecule has 0 aliphatic rings. The molecule has 116 valence electrons. The van der Waals surface area contributed by atoms with Crippen LogP contribution in [0.1, 0.15) is 41.0 Å². The van der Waals surface area contributed by atoms with Crippen molar-refractivity contribution in [2.45, 2.75) is 46.6 Å². The van der Waals surface area contributed by atoms with Gasteiger partial charge >= 0.3 is 0 Å². The lowest BCUT2D eigenvalue weighted by Crippen LogP contribution is -2.38. The first-order valence-corrected chi connectivity index (χ1v) is 7.53. The molecule has 0 saturated carbocycles. The molecule has 4 heteroatoms. The number of nitrogens with one attached hydrogen (secondary N) is 2. The molecule has 19 heavy (non-hydrogen) atoms. The maximum absolute atomic E-state index is 5.48. The highest BCUT2D eigenvalue weighted by Gasteiger charge is 2.06. The monoisotopic (exact) mass is 274 g/mol. The lowest BCUT2D eigenvalue weighted by molar-refractivity contribution is 0.0485. The van der Waals surface area contributed by atoms with Gasteiger partial charge in [0.05, 0.1) is 26.4 Å². The molecule has 0 fully saturated rings. The molecule has 0 aromatic heterocycles. The molecule has 0 aliphatic heterocycles. The van der Waals surface area contributed by atoms with Crippen molar-refractivity contribution >= 4 is 0 Å². The predicted octanol–water partition coefficient (Wildman–Crippen LogP) is 2.04. The lowest BCUT2D eigenvalue weighted by Gasteiger charge is -2.20. The van der Waals surface area contributed by atoms with Crippen LogP contribution < -0.4 is 10.6 Å². The fraction of sp³-hybridized carbons (Fsp3) is 1.00. The zero-order valence-corrected chi connectivity index (χ0v) is 13.6. The molecule has 0 bridgehead atoms. The number of rotatable bonds is 12. The van der Waals surface area contributed by atoms with E-state index in [4.69, 9.17) is 9.47 Å². The van der Waals surface area contributed by atoms with Crippen LogP contribution in [0, 0.1) is 5.92 Å². The minimum Gasteiger partial charge on any atom is -0.378 e. The largest absolute Gasteiger partial charge is 0.378 e. The summed E-state index contributed by atoms with van der Waals surface area (Å²) in [5, 5.41) is 6.75. The molecule has 0 heterocycles. The van der Waals surface area contributed by atoms with E-state index in [9.17, 15) is 0 Å².